The van der Waals surface area contributed by atoms with E-state index in [1.165, 1.54) is 16.7 Å². The molecule has 0 atom stereocenters. The zero-order valence-corrected chi connectivity index (χ0v) is 23.4. The van der Waals surface area contributed by atoms with Gasteiger partial charge in [-0.15, -0.1) is 6.58 Å². The molecule has 2 saturated heterocycles. The number of hydrogen-bond donors (Lipinski definition) is 0. The van der Waals surface area contributed by atoms with Crippen molar-refractivity contribution in [1.29, 1.82) is 0 Å². The second-order valence-corrected chi connectivity index (χ2v) is 13.0. The lowest BCUT2D eigenvalue weighted by Gasteiger charge is -2.29. The Morgan fingerprint density at radius 3 is 2.58 bits per heavy atom. The molecule has 1 aromatic heterocycles. The molecule has 2 fully saturated rings. The maximum Gasteiger partial charge on any atom is 0.266 e. The molecule has 7 nitrogen and oxygen atoms in total. The van der Waals surface area contributed by atoms with Gasteiger partial charge in [-0.1, -0.05) is 67.3 Å². The van der Waals surface area contributed by atoms with Gasteiger partial charge in [0.1, 0.15) is 10.0 Å². The third-order valence-electron chi connectivity index (χ3n) is 6.72. The number of thiocarbonyl (C=S) groups is 1. The molecule has 0 aliphatic carbocycles. The smallest absolute Gasteiger partial charge is 0.266 e. The number of benzene rings is 2. The van der Waals surface area contributed by atoms with E-state index in [9.17, 15) is 13.2 Å². The highest BCUT2D eigenvalue weighted by Crippen LogP contribution is 2.35. The highest BCUT2D eigenvalue weighted by Gasteiger charge is 2.32. The molecule has 196 valence electrons. The summed E-state index contributed by atoms with van der Waals surface area (Å²) in [7, 11) is -3.63. The van der Waals surface area contributed by atoms with Crippen molar-refractivity contribution in [1.82, 2.24) is 19.0 Å². The first-order valence-corrected chi connectivity index (χ1v) is 15.1. The summed E-state index contributed by atoms with van der Waals surface area (Å²) >= 11 is 6.63. The Morgan fingerprint density at radius 1 is 1.13 bits per heavy atom. The summed E-state index contributed by atoms with van der Waals surface area (Å²) in [5.74, 6) is 0.339. The standard InChI is InChI=1S/C28H28N4O3S3/c1-3-14-31-27(33)25(37-28(31)36)18-22-19-32(23-9-5-4-6-10-23)29-26(22)21-8-7-11-24(17-21)38(34,35)30-15-12-20(2)13-16-30/h3-11,17-20H,1,12-16H2,2H3/b25-18-. The van der Waals surface area contributed by atoms with Crippen LogP contribution in [-0.2, 0) is 14.8 Å². The molecule has 2 aromatic carbocycles. The maximum absolute atomic E-state index is 13.5. The molecule has 3 heterocycles. The van der Waals surface area contributed by atoms with Crippen LogP contribution in [0.25, 0.3) is 23.0 Å². The number of amides is 1. The van der Waals surface area contributed by atoms with Gasteiger partial charge in [-0.25, -0.2) is 13.1 Å². The van der Waals surface area contributed by atoms with Crippen molar-refractivity contribution in [2.24, 2.45) is 5.92 Å². The van der Waals surface area contributed by atoms with E-state index in [1.807, 2.05) is 42.6 Å². The van der Waals surface area contributed by atoms with Crippen LogP contribution in [0, 0.1) is 5.92 Å². The average molecular weight is 565 g/mol. The molecule has 0 bridgehead atoms. The van der Waals surface area contributed by atoms with Crippen LogP contribution in [0.1, 0.15) is 25.3 Å². The monoisotopic (exact) mass is 564 g/mol. The number of hydrogen-bond acceptors (Lipinski definition) is 6. The zero-order chi connectivity index (χ0) is 26.9. The highest BCUT2D eigenvalue weighted by atomic mass is 32.2. The van der Waals surface area contributed by atoms with Crippen molar-refractivity contribution in [2.45, 2.75) is 24.7 Å². The van der Waals surface area contributed by atoms with E-state index in [4.69, 9.17) is 17.3 Å². The summed E-state index contributed by atoms with van der Waals surface area (Å²) in [4.78, 5) is 15.2. The molecule has 38 heavy (non-hydrogen) atoms. The third kappa shape index (κ3) is 5.26. The Morgan fingerprint density at radius 2 is 1.87 bits per heavy atom. The summed E-state index contributed by atoms with van der Waals surface area (Å²) < 4.78 is 30.7. The van der Waals surface area contributed by atoms with Crippen LogP contribution < -0.4 is 0 Å². The lowest BCUT2D eigenvalue weighted by molar-refractivity contribution is -0.121. The SMILES string of the molecule is C=CCN1C(=O)/C(=C/c2cn(-c3ccccc3)nc2-c2cccc(S(=O)(=O)N3CCC(C)CC3)c2)SC1=S. The second-order valence-electron chi connectivity index (χ2n) is 9.41. The number of aromatic nitrogens is 2. The van der Waals surface area contributed by atoms with Gasteiger partial charge in [0.05, 0.1) is 15.5 Å². The number of rotatable bonds is 7. The maximum atomic E-state index is 13.5. The summed E-state index contributed by atoms with van der Waals surface area (Å²) in [6, 6.07) is 16.5. The van der Waals surface area contributed by atoms with Gasteiger partial charge in [0.25, 0.3) is 5.91 Å². The Labute approximate surface area is 232 Å². The molecule has 1 amide bonds. The van der Waals surface area contributed by atoms with E-state index in [1.54, 1.807) is 39.3 Å². The van der Waals surface area contributed by atoms with Gasteiger partial charge in [-0.05, 0) is 49.1 Å². The van der Waals surface area contributed by atoms with Crippen molar-refractivity contribution < 1.29 is 13.2 Å². The highest BCUT2D eigenvalue weighted by molar-refractivity contribution is 8.26. The predicted octanol–water partition coefficient (Wildman–Crippen LogP) is 5.35. The Balaban J connectivity index is 1.57. The van der Waals surface area contributed by atoms with Gasteiger partial charge in [0.15, 0.2) is 0 Å². The van der Waals surface area contributed by atoms with E-state index in [0.29, 0.717) is 51.6 Å². The number of sulfonamides is 1. The van der Waals surface area contributed by atoms with Crippen LogP contribution in [0.4, 0.5) is 0 Å². The van der Waals surface area contributed by atoms with Crippen LogP contribution in [-0.4, -0.2) is 57.3 Å². The molecule has 0 saturated carbocycles. The van der Waals surface area contributed by atoms with Crippen molar-refractivity contribution in [3.8, 4) is 16.9 Å². The number of carbonyl (C=O) groups excluding carboxylic acids is 1. The number of thioether (sulfide) groups is 1. The van der Waals surface area contributed by atoms with E-state index < -0.39 is 10.0 Å². The Kier molecular flexibility index (Phi) is 7.67. The summed E-state index contributed by atoms with van der Waals surface area (Å²) in [6.45, 7) is 7.25. The Hall–Kier alpha value is -3.05. The molecule has 0 spiro atoms. The number of nitrogens with zero attached hydrogens (tertiary/aromatic N) is 4. The van der Waals surface area contributed by atoms with Crippen molar-refractivity contribution in [2.75, 3.05) is 19.6 Å². The molecular weight excluding hydrogens is 537 g/mol. The minimum absolute atomic E-state index is 0.186. The fraction of sp³-hybridized carbons (Fsp3) is 0.250. The molecule has 10 heteroatoms. The van der Waals surface area contributed by atoms with Gasteiger partial charge in [-0.2, -0.15) is 9.40 Å². The third-order valence-corrected chi connectivity index (χ3v) is 10.00. The molecule has 0 N–H and O–H groups in total. The first-order chi connectivity index (χ1) is 18.3. The van der Waals surface area contributed by atoms with Crippen LogP contribution in [0.5, 0.6) is 0 Å². The molecule has 2 aliphatic heterocycles. The van der Waals surface area contributed by atoms with E-state index in [0.717, 1.165) is 18.5 Å². The largest absolute Gasteiger partial charge is 0.289 e. The Bertz CT molecular complexity index is 1520. The lowest BCUT2D eigenvalue weighted by Crippen LogP contribution is -2.37. The van der Waals surface area contributed by atoms with E-state index in [2.05, 4.69) is 13.5 Å². The van der Waals surface area contributed by atoms with Gasteiger partial charge in [0, 0.05) is 37.0 Å². The molecule has 2 aliphatic rings. The summed E-state index contributed by atoms with van der Waals surface area (Å²) in [6.07, 6.45) is 6.97. The van der Waals surface area contributed by atoms with Crippen molar-refractivity contribution >= 4 is 50.3 Å². The first kappa shape index (κ1) is 26.6. The van der Waals surface area contributed by atoms with E-state index >= 15 is 0 Å². The summed E-state index contributed by atoms with van der Waals surface area (Å²) in [5.41, 5.74) is 2.76. The van der Waals surface area contributed by atoms with Crippen molar-refractivity contribution in [3.63, 3.8) is 0 Å². The zero-order valence-electron chi connectivity index (χ0n) is 21.0. The van der Waals surface area contributed by atoms with Crippen LogP contribution in [0.3, 0.4) is 0 Å². The van der Waals surface area contributed by atoms with Crippen LogP contribution in [0.2, 0.25) is 0 Å². The van der Waals surface area contributed by atoms with Crippen molar-refractivity contribution in [3.05, 3.63) is 83.9 Å². The van der Waals surface area contributed by atoms with E-state index in [-0.39, 0.29) is 10.8 Å². The fourth-order valence-corrected chi connectivity index (χ4v) is 7.32. The molecule has 0 unspecified atom stereocenters. The van der Waals surface area contributed by atoms with Gasteiger partial charge < -0.3 is 0 Å². The quantitative estimate of drug-likeness (QED) is 0.219. The average Bonchev–Trinajstić information content (AvgIpc) is 3.46. The minimum atomic E-state index is -3.63. The molecule has 0 radical (unpaired) electrons. The topological polar surface area (TPSA) is 75.5 Å². The molecule has 3 aromatic rings. The van der Waals surface area contributed by atoms with Gasteiger partial charge in [-0.3, -0.25) is 9.69 Å². The van der Waals surface area contributed by atoms with Gasteiger partial charge in [0.2, 0.25) is 10.0 Å². The van der Waals surface area contributed by atoms with Crippen LogP contribution >= 0.6 is 24.0 Å². The first-order valence-electron chi connectivity index (χ1n) is 12.4. The predicted molar refractivity (Wildman–Crippen MR) is 156 cm³/mol. The van der Waals surface area contributed by atoms with Crippen LogP contribution in [0.15, 0.2) is 83.2 Å². The second kappa shape index (κ2) is 11.0. The summed E-state index contributed by atoms with van der Waals surface area (Å²) in [5, 5.41) is 4.82. The lowest BCUT2D eigenvalue weighted by atomic mass is 10.0. The number of para-hydroxylation sites is 1. The van der Waals surface area contributed by atoms with Gasteiger partial charge >= 0.3 is 0 Å². The number of piperidine rings is 1. The minimum Gasteiger partial charge on any atom is -0.289 e. The molecule has 5 rings (SSSR count). The normalized spacial score (nSPS) is 18.4. The number of carbonyl (C=O) groups is 1. The molecular formula is C28H28N4O3S3. The fourth-order valence-electron chi connectivity index (χ4n) is 4.54.